The van der Waals surface area contributed by atoms with Gasteiger partial charge in [-0.05, 0) is 57.7 Å². The molecule has 0 fully saturated rings. The van der Waals surface area contributed by atoms with Gasteiger partial charge in [0.15, 0.2) is 0 Å². The van der Waals surface area contributed by atoms with Crippen molar-refractivity contribution >= 4 is 5.69 Å². The average Bonchev–Trinajstić information content (AvgIpc) is 2.51. The van der Waals surface area contributed by atoms with Crippen LogP contribution in [0.25, 0.3) is 0 Å². The van der Waals surface area contributed by atoms with Gasteiger partial charge in [-0.1, -0.05) is 12.1 Å². The Hall–Kier alpha value is -1.02. The molecule has 2 rings (SSSR count). The SMILES string of the molecule is CC(N)Cc1ccc2c(c1)CC(C)N2C(C)C. The van der Waals surface area contributed by atoms with E-state index in [1.54, 1.807) is 0 Å². The Morgan fingerprint density at radius 3 is 2.65 bits per heavy atom. The summed E-state index contributed by atoms with van der Waals surface area (Å²) in [6, 6.07) is 8.29. The standard InChI is InChI=1S/C15H24N2/c1-10(2)17-12(4)8-14-9-13(7-11(3)16)5-6-15(14)17/h5-6,9-12H,7-8,16H2,1-4H3. The molecule has 0 aliphatic carbocycles. The topological polar surface area (TPSA) is 29.3 Å². The maximum absolute atomic E-state index is 5.86. The molecular formula is C15H24N2. The van der Waals surface area contributed by atoms with Crippen LogP contribution in [0.5, 0.6) is 0 Å². The normalized spacial score (nSPS) is 20.8. The van der Waals surface area contributed by atoms with E-state index in [-0.39, 0.29) is 6.04 Å². The summed E-state index contributed by atoms with van der Waals surface area (Å²) in [5, 5.41) is 0. The second-order valence-electron chi connectivity index (χ2n) is 5.70. The lowest BCUT2D eigenvalue weighted by Crippen LogP contribution is -2.35. The Kier molecular flexibility index (Phi) is 3.43. The van der Waals surface area contributed by atoms with E-state index in [2.05, 4.69) is 50.8 Å². The highest BCUT2D eigenvalue weighted by Crippen LogP contribution is 2.34. The first-order chi connectivity index (χ1) is 7.99. The predicted octanol–water partition coefficient (Wildman–Crippen LogP) is 2.74. The van der Waals surface area contributed by atoms with Crippen molar-refractivity contribution in [1.29, 1.82) is 0 Å². The van der Waals surface area contributed by atoms with Gasteiger partial charge in [-0.15, -0.1) is 0 Å². The Morgan fingerprint density at radius 1 is 1.35 bits per heavy atom. The molecule has 2 heteroatoms. The minimum Gasteiger partial charge on any atom is -0.366 e. The molecule has 94 valence electrons. The highest BCUT2D eigenvalue weighted by molar-refractivity contribution is 5.61. The van der Waals surface area contributed by atoms with Gasteiger partial charge in [-0.2, -0.15) is 0 Å². The Morgan fingerprint density at radius 2 is 2.06 bits per heavy atom. The summed E-state index contributed by atoms with van der Waals surface area (Å²) < 4.78 is 0. The number of hydrogen-bond acceptors (Lipinski definition) is 2. The van der Waals surface area contributed by atoms with Crippen LogP contribution in [-0.4, -0.2) is 18.1 Å². The summed E-state index contributed by atoms with van der Waals surface area (Å²) in [6.07, 6.45) is 2.14. The van der Waals surface area contributed by atoms with E-state index in [1.807, 2.05) is 0 Å². The number of benzene rings is 1. The first kappa shape index (κ1) is 12.4. The Labute approximate surface area is 105 Å². The van der Waals surface area contributed by atoms with E-state index in [1.165, 1.54) is 23.2 Å². The fraction of sp³-hybridized carbons (Fsp3) is 0.600. The van der Waals surface area contributed by atoms with Crippen LogP contribution in [0.3, 0.4) is 0 Å². The number of hydrogen-bond donors (Lipinski definition) is 1. The summed E-state index contributed by atoms with van der Waals surface area (Å²) in [5.74, 6) is 0. The van der Waals surface area contributed by atoms with Crippen LogP contribution in [0.1, 0.15) is 38.8 Å². The zero-order chi connectivity index (χ0) is 12.6. The van der Waals surface area contributed by atoms with Crippen LogP contribution < -0.4 is 10.6 Å². The molecule has 1 aromatic carbocycles. The van der Waals surface area contributed by atoms with E-state index in [0.29, 0.717) is 12.1 Å². The van der Waals surface area contributed by atoms with E-state index < -0.39 is 0 Å². The molecule has 0 amide bonds. The third-order valence-electron chi connectivity index (χ3n) is 3.53. The first-order valence-corrected chi connectivity index (χ1v) is 6.64. The van der Waals surface area contributed by atoms with E-state index in [4.69, 9.17) is 5.73 Å². The van der Waals surface area contributed by atoms with Gasteiger partial charge in [0.1, 0.15) is 0 Å². The van der Waals surface area contributed by atoms with Crippen LogP contribution >= 0.6 is 0 Å². The van der Waals surface area contributed by atoms with Crippen molar-refractivity contribution in [3.05, 3.63) is 29.3 Å². The zero-order valence-corrected chi connectivity index (χ0v) is 11.4. The second-order valence-corrected chi connectivity index (χ2v) is 5.70. The summed E-state index contributed by atoms with van der Waals surface area (Å²) in [5.41, 5.74) is 10.1. The third kappa shape index (κ3) is 2.47. The smallest absolute Gasteiger partial charge is 0.0404 e. The average molecular weight is 232 g/mol. The summed E-state index contributed by atoms with van der Waals surface area (Å²) in [4.78, 5) is 2.52. The molecule has 1 aromatic rings. The monoisotopic (exact) mass is 232 g/mol. The van der Waals surface area contributed by atoms with Crippen LogP contribution in [0.4, 0.5) is 5.69 Å². The largest absolute Gasteiger partial charge is 0.366 e. The summed E-state index contributed by atoms with van der Waals surface area (Å²) >= 11 is 0. The minimum absolute atomic E-state index is 0.244. The minimum atomic E-state index is 0.244. The van der Waals surface area contributed by atoms with Gasteiger partial charge < -0.3 is 10.6 Å². The quantitative estimate of drug-likeness (QED) is 0.868. The van der Waals surface area contributed by atoms with Gasteiger partial charge in [0.25, 0.3) is 0 Å². The molecule has 2 atom stereocenters. The molecule has 1 aliphatic rings. The fourth-order valence-corrected chi connectivity index (χ4v) is 2.99. The molecule has 0 radical (unpaired) electrons. The van der Waals surface area contributed by atoms with Gasteiger partial charge >= 0.3 is 0 Å². The number of nitrogens with zero attached hydrogens (tertiary/aromatic N) is 1. The molecule has 0 bridgehead atoms. The number of nitrogens with two attached hydrogens (primary N) is 1. The Bertz CT molecular complexity index is 396. The molecule has 2 N–H and O–H groups in total. The van der Waals surface area contributed by atoms with Crippen molar-refractivity contribution in [3.63, 3.8) is 0 Å². The van der Waals surface area contributed by atoms with Crippen LogP contribution in [0, 0.1) is 0 Å². The van der Waals surface area contributed by atoms with Gasteiger partial charge in [-0.25, -0.2) is 0 Å². The van der Waals surface area contributed by atoms with Gasteiger partial charge in [0.05, 0.1) is 0 Å². The van der Waals surface area contributed by atoms with E-state index in [0.717, 1.165) is 6.42 Å². The van der Waals surface area contributed by atoms with Crippen LogP contribution in [0.2, 0.25) is 0 Å². The zero-order valence-electron chi connectivity index (χ0n) is 11.4. The number of fused-ring (bicyclic) bond motifs is 1. The number of anilines is 1. The van der Waals surface area contributed by atoms with Crippen molar-refractivity contribution in [2.24, 2.45) is 5.73 Å². The van der Waals surface area contributed by atoms with Crippen molar-refractivity contribution in [2.45, 2.75) is 58.7 Å². The second kappa shape index (κ2) is 4.69. The summed E-state index contributed by atoms with van der Waals surface area (Å²) in [6.45, 7) is 8.91. The Balaban J connectivity index is 2.28. The maximum atomic E-state index is 5.86. The lowest BCUT2D eigenvalue weighted by atomic mass is 10.0. The van der Waals surface area contributed by atoms with Gasteiger partial charge in [0, 0.05) is 23.8 Å². The third-order valence-corrected chi connectivity index (χ3v) is 3.53. The predicted molar refractivity (Wildman–Crippen MR) is 74.6 cm³/mol. The van der Waals surface area contributed by atoms with Crippen LogP contribution in [-0.2, 0) is 12.8 Å². The maximum Gasteiger partial charge on any atom is 0.0404 e. The molecule has 17 heavy (non-hydrogen) atoms. The molecule has 2 nitrogen and oxygen atoms in total. The molecule has 0 saturated heterocycles. The summed E-state index contributed by atoms with van der Waals surface area (Å²) in [7, 11) is 0. The fourth-order valence-electron chi connectivity index (χ4n) is 2.99. The van der Waals surface area contributed by atoms with Crippen molar-refractivity contribution in [1.82, 2.24) is 0 Å². The highest BCUT2D eigenvalue weighted by Gasteiger charge is 2.27. The molecular weight excluding hydrogens is 208 g/mol. The number of rotatable bonds is 3. The van der Waals surface area contributed by atoms with Crippen molar-refractivity contribution < 1.29 is 0 Å². The van der Waals surface area contributed by atoms with E-state index >= 15 is 0 Å². The lowest BCUT2D eigenvalue weighted by molar-refractivity contribution is 0.606. The molecule has 0 aromatic heterocycles. The first-order valence-electron chi connectivity index (χ1n) is 6.64. The van der Waals surface area contributed by atoms with Gasteiger partial charge in [0.2, 0.25) is 0 Å². The molecule has 0 saturated carbocycles. The molecule has 2 unspecified atom stereocenters. The van der Waals surface area contributed by atoms with Gasteiger partial charge in [-0.3, -0.25) is 0 Å². The molecule has 1 heterocycles. The lowest BCUT2D eigenvalue weighted by Gasteiger charge is -2.29. The van der Waals surface area contributed by atoms with Crippen molar-refractivity contribution in [3.8, 4) is 0 Å². The molecule has 0 spiro atoms. The molecule has 1 aliphatic heterocycles. The van der Waals surface area contributed by atoms with E-state index in [9.17, 15) is 0 Å². The van der Waals surface area contributed by atoms with Crippen LogP contribution in [0.15, 0.2) is 18.2 Å². The van der Waals surface area contributed by atoms with Crippen molar-refractivity contribution in [2.75, 3.05) is 4.90 Å². The highest BCUT2D eigenvalue weighted by atomic mass is 15.2.